The molecule has 47 heavy (non-hydrogen) atoms. The van der Waals surface area contributed by atoms with Gasteiger partial charge in [0.15, 0.2) is 5.78 Å². The SMILES string of the molecule is CCN(CC)C(=O)C1CCCN(C2C(F)CC3C(=O)C(C(=O)NCCC4CCCN4C)=CN4C5CC6CCCCC6CC5OC2C34)C1. The monoisotopic (exact) mass is 655 g/mol. The van der Waals surface area contributed by atoms with Gasteiger partial charge in [0.05, 0.1) is 41.8 Å². The van der Waals surface area contributed by atoms with Crippen molar-refractivity contribution in [2.24, 2.45) is 23.7 Å². The zero-order valence-corrected chi connectivity index (χ0v) is 29.0. The van der Waals surface area contributed by atoms with E-state index in [1.54, 1.807) is 0 Å². The van der Waals surface area contributed by atoms with Crippen LogP contribution in [0.25, 0.3) is 0 Å². The molecule has 3 saturated carbocycles. The van der Waals surface area contributed by atoms with Crippen LogP contribution in [0, 0.1) is 23.7 Å². The lowest BCUT2D eigenvalue weighted by molar-refractivity contribution is -0.222. The van der Waals surface area contributed by atoms with Gasteiger partial charge in [0, 0.05) is 44.3 Å². The smallest absolute Gasteiger partial charge is 0.256 e. The summed E-state index contributed by atoms with van der Waals surface area (Å²) in [5.74, 6) is 0.125. The third-order valence-corrected chi connectivity index (χ3v) is 13.4. The van der Waals surface area contributed by atoms with Crippen molar-refractivity contribution in [3.8, 4) is 0 Å². The molecule has 7 rings (SSSR count). The van der Waals surface area contributed by atoms with Gasteiger partial charge < -0.3 is 24.8 Å². The Balaban J connectivity index is 1.16. The lowest BCUT2D eigenvalue weighted by Crippen LogP contribution is -2.74. The van der Waals surface area contributed by atoms with Crippen molar-refractivity contribution in [3.05, 3.63) is 11.8 Å². The Labute approximate surface area is 280 Å². The molecule has 1 N–H and O–H groups in total. The van der Waals surface area contributed by atoms with E-state index in [1.165, 1.54) is 32.1 Å². The van der Waals surface area contributed by atoms with Crippen LogP contribution in [0.1, 0.15) is 90.9 Å². The number of carbonyl (C=O) groups is 3. The number of ketones is 1. The highest BCUT2D eigenvalue weighted by Gasteiger charge is 2.61. The summed E-state index contributed by atoms with van der Waals surface area (Å²) in [6.07, 6.45) is 12.0. The number of morpholine rings is 1. The molecule has 0 aromatic heterocycles. The first-order valence-corrected chi connectivity index (χ1v) is 19.1. The fourth-order valence-electron chi connectivity index (χ4n) is 10.9. The van der Waals surface area contributed by atoms with Gasteiger partial charge in [-0.25, -0.2) is 4.39 Å². The van der Waals surface area contributed by atoms with E-state index in [0.29, 0.717) is 44.1 Å². The zero-order valence-electron chi connectivity index (χ0n) is 29.0. The molecule has 3 aliphatic carbocycles. The second kappa shape index (κ2) is 14.1. The molecule has 7 aliphatic rings. The molecule has 3 saturated heterocycles. The molecule has 10 heteroatoms. The van der Waals surface area contributed by atoms with Crippen molar-refractivity contribution in [1.82, 2.24) is 24.9 Å². The van der Waals surface area contributed by atoms with Crippen LogP contribution in [0.2, 0.25) is 0 Å². The van der Waals surface area contributed by atoms with E-state index in [2.05, 4.69) is 27.1 Å². The van der Waals surface area contributed by atoms with Crippen LogP contribution in [0.4, 0.5) is 4.39 Å². The molecule has 0 spiro atoms. The van der Waals surface area contributed by atoms with Crippen molar-refractivity contribution < 1.29 is 23.5 Å². The standard InChI is InChI=1S/C37H58FN5O4/c1-4-41(5-2)37(46)25-12-8-17-42(21-25)33-29(38)20-27-32-35(33)47-31-19-24-11-7-6-10-23(24)18-30(31)43(32)22-28(34(27)44)36(45)39-15-14-26-13-9-16-40(26)3/h22-27,29-33,35H,4-21H2,1-3H3,(H,39,45). The van der Waals surface area contributed by atoms with Crippen LogP contribution >= 0.6 is 0 Å². The van der Waals surface area contributed by atoms with Gasteiger partial charge in [-0.15, -0.1) is 0 Å². The number of hydrogen-bond donors (Lipinski definition) is 1. The molecule has 11 atom stereocenters. The van der Waals surface area contributed by atoms with E-state index in [0.717, 1.165) is 51.6 Å². The summed E-state index contributed by atoms with van der Waals surface area (Å²) >= 11 is 0. The molecular weight excluding hydrogens is 597 g/mol. The summed E-state index contributed by atoms with van der Waals surface area (Å²) in [5, 5.41) is 3.07. The summed E-state index contributed by atoms with van der Waals surface area (Å²) in [5.41, 5.74) is 0.199. The summed E-state index contributed by atoms with van der Waals surface area (Å²) < 4.78 is 23.8. The predicted molar refractivity (Wildman–Crippen MR) is 178 cm³/mol. The Kier molecular flexibility index (Phi) is 10.0. The van der Waals surface area contributed by atoms with Gasteiger partial charge in [-0.05, 0) is 97.2 Å². The normalized spacial score (nSPS) is 40.6. The van der Waals surface area contributed by atoms with E-state index in [4.69, 9.17) is 4.74 Å². The number of nitrogens with zero attached hydrogens (tertiary/aromatic N) is 4. The van der Waals surface area contributed by atoms with Gasteiger partial charge >= 0.3 is 0 Å². The zero-order chi connectivity index (χ0) is 32.8. The number of Topliss-reactive ketones (excluding diaryl/α,β-unsaturated/α-hetero) is 1. The van der Waals surface area contributed by atoms with Crippen molar-refractivity contribution in [3.63, 3.8) is 0 Å². The van der Waals surface area contributed by atoms with Crippen LogP contribution in [0.15, 0.2) is 11.8 Å². The molecule has 0 radical (unpaired) electrons. The van der Waals surface area contributed by atoms with Crippen LogP contribution in [0.5, 0.6) is 0 Å². The second-order valence-corrected chi connectivity index (χ2v) is 15.8. The number of ether oxygens (including phenoxy) is 1. The summed E-state index contributed by atoms with van der Waals surface area (Å²) in [7, 11) is 2.13. The Bertz CT molecular complexity index is 1210. The van der Waals surface area contributed by atoms with Crippen LogP contribution in [-0.4, -0.2) is 126 Å². The highest BCUT2D eigenvalue weighted by Crippen LogP contribution is 2.51. The Morgan fingerprint density at radius 2 is 1.72 bits per heavy atom. The molecular formula is C37H58FN5O4. The minimum Gasteiger partial charge on any atom is -0.369 e. The summed E-state index contributed by atoms with van der Waals surface area (Å²) in [6, 6.07) is -0.239. The molecule has 0 aromatic rings. The number of halogens is 1. The van der Waals surface area contributed by atoms with Crippen LogP contribution < -0.4 is 5.32 Å². The van der Waals surface area contributed by atoms with Crippen molar-refractivity contribution in [2.45, 2.75) is 133 Å². The van der Waals surface area contributed by atoms with Crippen molar-refractivity contribution in [2.75, 3.05) is 46.3 Å². The third-order valence-electron chi connectivity index (χ3n) is 13.4. The Hall–Kier alpha value is -2.04. The fraction of sp³-hybridized carbons (Fsp3) is 0.865. The number of hydrogen-bond acceptors (Lipinski definition) is 7. The third kappa shape index (κ3) is 6.29. The van der Waals surface area contributed by atoms with E-state index < -0.39 is 24.2 Å². The summed E-state index contributed by atoms with van der Waals surface area (Å²) in [4.78, 5) is 50.0. The molecule has 4 heterocycles. The lowest BCUT2D eigenvalue weighted by Gasteiger charge is -2.62. The van der Waals surface area contributed by atoms with E-state index in [9.17, 15) is 14.4 Å². The lowest BCUT2D eigenvalue weighted by atomic mass is 9.64. The maximum absolute atomic E-state index is 16.7. The molecule has 0 aromatic carbocycles. The molecule has 2 amide bonds. The molecule has 6 fully saturated rings. The molecule has 4 aliphatic heterocycles. The van der Waals surface area contributed by atoms with Crippen LogP contribution in [-0.2, 0) is 19.1 Å². The Morgan fingerprint density at radius 1 is 0.979 bits per heavy atom. The maximum atomic E-state index is 16.7. The average Bonchev–Trinajstić information content (AvgIpc) is 3.49. The fourth-order valence-corrected chi connectivity index (χ4v) is 10.9. The minimum absolute atomic E-state index is 0.0476. The molecule has 11 unspecified atom stereocenters. The topological polar surface area (TPSA) is 85.4 Å². The van der Waals surface area contributed by atoms with Gasteiger partial charge in [-0.3, -0.25) is 19.3 Å². The van der Waals surface area contributed by atoms with Gasteiger partial charge in [0.1, 0.15) is 6.17 Å². The molecule has 0 bridgehead atoms. The van der Waals surface area contributed by atoms with Crippen molar-refractivity contribution in [1.29, 1.82) is 0 Å². The number of nitrogens with one attached hydrogen (secondary N) is 1. The Morgan fingerprint density at radius 3 is 2.45 bits per heavy atom. The minimum atomic E-state index is -1.27. The van der Waals surface area contributed by atoms with E-state index in [1.807, 2.05) is 24.9 Å². The highest BCUT2D eigenvalue weighted by molar-refractivity contribution is 6.20. The number of alkyl halides is 1. The summed E-state index contributed by atoms with van der Waals surface area (Å²) in [6.45, 7) is 8.27. The van der Waals surface area contributed by atoms with Gasteiger partial charge in [0.2, 0.25) is 5.91 Å². The molecule has 9 nitrogen and oxygen atoms in total. The first-order chi connectivity index (χ1) is 22.8. The number of likely N-dealkylation sites (tertiary alicyclic amines) is 2. The quantitative estimate of drug-likeness (QED) is 0.399. The van der Waals surface area contributed by atoms with Gasteiger partial charge in [0.25, 0.3) is 5.91 Å². The van der Waals surface area contributed by atoms with E-state index >= 15 is 4.39 Å². The highest BCUT2D eigenvalue weighted by atomic mass is 19.1. The van der Waals surface area contributed by atoms with Gasteiger partial charge in [-0.2, -0.15) is 0 Å². The first kappa shape index (κ1) is 33.5. The largest absolute Gasteiger partial charge is 0.369 e. The number of fused-ring (bicyclic) bond motifs is 3. The van der Waals surface area contributed by atoms with E-state index in [-0.39, 0.29) is 53.7 Å². The number of piperidine rings is 1. The number of rotatable bonds is 8. The molecule has 262 valence electrons. The van der Waals surface area contributed by atoms with Gasteiger partial charge in [-0.1, -0.05) is 25.7 Å². The average molecular weight is 656 g/mol. The number of amides is 2. The maximum Gasteiger partial charge on any atom is 0.256 e. The first-order valence-electron chi connectivity index (χ1n) is 19.1. The number of carbonyl (C=O) groups excluding carboxylic acids is 3. The predicted octanol–water partition coefficient (Wildman–Crippen LogP) is 3.77. The van der Waals surface area contributed by atoms with Crippen LogP contribution in [0.3, 0.4) is 0 Å². The second-order valence-electron chi connectivity index (χ2n) is 15.8. The van der Waals surface area contributed by atoms with Crippen molar-refractivity contribution >= 4 is 17.6 Å².